The van der Waals surface area contributed by atoms with Gasteiger partial charge in [-0.25, -0.2) is 9.97 Å². The van der Waals surface area contributed by atoms with Gasteiger partial charge in [-0.2, -0.15) is 35.9 Å². The standard InChI is InChI=1S/C27H32N3O.Y/c1-19-18-28-24(17-20-11-8-7-9-12-20)30-25(19)29-22-14-10-13-21(15-22)16-23(31)27(5,6)26(2,3)4;/h8-15,18H,16-17H2,1-6H3,(H,28,29,30);/q-1;. The molecular formula is C27H32N3OY-. The Morgan fingerprint density at radius 1 is 1.03 bits per heavy atom. The molecule has 32 heavy (non-hydrogen) atoms. The van der Waals surface area contributed by atoms with E-state index in [4.69, 9.17) is 4.98 Å². The topological polar surface area (TPSA) is 54.9 Å². The molecule has 0 atom stereocenters. The molecule has 1 aromatic heterocycles. The Morgan fingerprint density at radius 3 is 2.38 bits per heavy atom. The summed E-state index contributed by atoms with van der Waals surface area (Å²) in [7, 11) is 0. The van der Waals surface area contributed by atoms with Crippen molar-refractivity contribution in [3.05, 3.63) is 83.3 Å². The molecule has 3 aromatic rings. The summed E-state index contributed by atoms with van der Waals surface area (Å²) in [6.07, 6.45) is 2.93. The van der Waals surface area contributed by atoms with E-state index in [1.165, 1.54) is 0 Å². The van der Waals surface area contributed by atoms with E-state index in [9.17, 15) is 4.79 Å². The Bertz CT molecular complexity index is 1060. The van der Waals surface area contributed by atoms with Crippen LogP contribution in [-0.4, -0.2) is 15.8 Å². The number of Topliss-reactive ketones (excluding diaryl/α,β-unsaturated/α-hetero) is 1. The van der Waals surface area contributed by atoms with Crippen LogP contribution in [0.25, 0.3) is 0 Å². The molecule has 0 aliphatic heterocycles. The summed E-state index contributed by atoms with van der Waals surface area (Å²) in [6.45, 7) is 12.4. The second-order valence-electron chi connectivity index (χ2n) is 9.70. The van der Waals surface area contributed by atoms with E-state index in [1.54, 1.807) is 0 Å². The number of hydrogen-bond acceptors (Lipinski definition) is 4. The van der Waals surface area contributed by atoms with Crippen molar-refractivity contribution < 1.29 is 37.5 Å². The van der Waals surface area contributed by atoms with Gasteiger partial charge in [0.2, 0.25) is 0 Å². The first-order valence-corrected chi connectivity index (χ1v) is 10.7. The number of nitrogens with zero attached hydrogens (tertiary/aromatic N) is 2. The number of aryl methyl sites for hydroxylation is 1. The minimum atomic E-state index is -0.399. The van der Waals surface area contributed by atoms with Crippen LogP contribution < -0.4 is 5.32 Å². The third-order valence-electron chi connectivity index (χ3n) is 6.30. The molecule has 0 amide bonds. The zero-order chi connectivity index (χ0) is 22.6. The number of ketones is 1. The van der Waals surface area contributed by atoms with Gasteiger partial charge in [0.05, 0.1) is 0 Å². The van der Waals surface area contributed by atoms with Crippen molar-refractivity contribution in [2.45, 2.75) is 54.4 Å². The van der Waals surface area contributed by atoms with Gasteiger partial charge in [-0.05, 0) is 30.0 Å². The van der Waals surface area contributed by atoms with E-state index in [1.807, 2.05) is 75.5 Å². The van der Waals surface area contributed by atoms with Crippen molar-refractivity contribution in [2.24, 2.45) is 10.8 Å². The summed E-state index contributed by atoms with van der Waals surface area (Å²) in [4.78, 5) is 22.2. The first kappa shape index (κ1) is 26.3. The van der Waals surface area contributed by atoms with Crippen molar-refractivity contribution in [3.8, 4) is 0 Å². The van der Waals surface area contributed by atoms with E-state index >= 15 is 0 Å². The summed E-state index contributed by atoms with van der Waals surface area (Å²) in [5.74, 6) is 1.79. The number of carbonyl (C=O) groups is 1. The molecule has 0 fully saturated rings. The summed E-state index contributed by atoms with van der Waals surface area (Å²) in [6, 6.07) is 18.9. The maximum atomic E-state index is 13.0. The largest absolute Gasteiger partial charge is 0.340 e. The summed E-state index contributed by atoms with van der Waals surface area (Å²) < 4.78 is 0. The van der Waals surface area contributed by atoms with E-state index in [0.29, 0.717) is 12.8 Å². The number of anilines is 2. The van der Waals surface area contributed by atoms with Crippen LogP contribution in [0.3, 0.4) is 0 Å². The molecule has 0 unspecified atom stereocenters. The second kappa shape index (κ2) is 10.8. The van der Waals surface area contributed by atoms with E-state index < -0.39 is 5.41 Å². The molecule has 0 bridgehead atoms. The van der Waals surface area contributed by atoms with Crippen LogP contribution in [0.4, 0.5) is 11.5 Å². The zero-order valence-corrected chi connectivity index (χ0v) is 22.8. The molecule has 0 aliphatic rings. The van der Waals surface area contributed by atoms with Crippen molar-refractivity contribution in [1.82, 2.24) is 9.97 Å². The molecule has 0 spiro atoms. The Hall–Kier alpha value is -1.91. The molecule has 3 rings (SSSR count). The van der Waals surface area contributed by atoms with Crippen molar-refractivity contribution in [2.75, 3.05) is 5.32 Å². The molecule has 2 aromatic carbocycles. The van der Waals surface area contributed by atoms with Gasteiger partial charge >= 0.3 is 0 Å². The van der Waals surface area contributed by atoms with Crippen LogP contribution in [-0.2, 0) is 50.3 Å². The Kier molecular flexibility index (Phi) is 8.90. The molecule has 0 saturated heterocycles. The van der Waals surface area contributed by atoms with Gasteiger partial charge in [0, 0.05) is 68.4 Å². The SMILES string of the molecule is Cc1cnc(Cc2cc[c-]cc2)nc1Nc1cccc(CC(=O)C(C)(C)C(C)(C)C)c1.[Y]. The molecule has 1 radical (unpaired) electrons. The molecule has 0 aliphatic carbocycles. The summed E-state index contributed by atoms with van der Waals surface area (Å²) in [5.41, 5.74) is 3.55. The first-order chi connectivity index (χ1) is 14.6. The van der Waals surface area contributed by atoms with Gasteiger partial charge in [-0.3, -0.25) is 4.79 Å². The molecule has 4 nitrogen and oxygen atoms in total. The maximum absolute atomic E-state index is 13.0. The number of hydrogen-bond donors (Lipinski definition) is 1. The number of nitrogens with one attached hydrogen (secondary N) is 1. The van der Waals surface area contributed by atoms with Gasteiger partial charge in [-0.1, -0.05) is 46.8 Å². The van der Waals surface area contributed by atoms with Gasteiger partial charge in [0.1, 0.15) is 17.4 Å². The van der Waals surface area contributed by atoms with Gasteiger partial charge in [0.25, 0.3) is 0 Å². The van der Waals surface area contributed by atoms with Gasteiger partial charge < -0.3 is 5.32 Å². The molecule has 165 valence electrons. The minimum Gasteiger partial charge on any atom is -0.340 e. The fraction of sp³-hybridized carbons (Fsp3) is 0.370. The number of carbonyl (C=O) groups excluding carboxylic acids is 1. The number of benzene rings is 2. The quantitative estimate of drug-likeness (QED) is 0.396. The predicted molar refractivity (Wildman–Crippen MR) is 127 cm³/mol. The molecule has 1 heterocycles. The van der Waals surface area contributed by atoms with E-state index in [2.05, 4.69) is 37.1 Å². The van der Waals surface area contributed by atoms with Gasteiger partial charge in [0.15, 0.2) is 0 Å². The number of aromatic nitrogens is 2. The van der Waals surface area contributed by atoms with Crippen molar-refractivity contribution >= 4 is 17.3 Å². The van der Waals surface area contributed by atoms with Crippen LogP contribution in [0.15, 0.2) is 54.7 Å². The number of rotatable bonds is 7. The molecule has 1 N–H and O–H groups in total. The Morgan fingerprint density at radius 2 is 1.72 bits per heavy atom. The first-order valence-electron chi connectivity index (χ1n) is 10.7. The van der Waals surface area contributed by atoms with Crippen molar-refractivity contribution in [3.63, 3.8) is 0 Å². The minimum absolute atomic E-state index is 0. The molecular weight excluding hydrogens is 471 g/mol. The van der Waals surface area contributed by atoms with Crippen LogP contribution in [0.5, 0.6) is 0 Å². The van der Waals surface area contributed by atoms with Gasteiger partial charge in [-0.15, -0.1) is 0 Å². The van der Waals surface area contributed by atoms with Crippen LogP contribution in [0, 0.1) is 23.8 Å². The normalized spacial score (nSPS) is 11.6. The summed E-state index contributed by atoms with van der Waals surface area (Å²) >= 11 is 0. The van der Waals surface area contributed by atoms with E-state index in [0.717, 1.165) is 34.0 Å². The zero-order valence-electron chi connectivity index (χ0n) is 20.0. The summed E-state index contributed by atoms with van der Waals surface area (Å²) in [5, 5.41) is 3.41. The Balaban J connectivity index is 0.00000363. The van der Waals surface area contributed by atoms with Crippen LogP contribution >= 0.6 is 0 Å². The van der Waals surface area contributed by atoms with E-state index in [-0.39, 0.29) is 43.9 Å². The van der Waals surface area contributed by atoms with Crippen LogP contribution in [0.2, 0.25) is 0 Å². The smallest absolute Gasteiger partial charge is 0.143 e. The monoisotopic (exact) mass is 503 g/mol. The average Bonchev–Trinajstić information content (AvgIpc) is 2.71. The van der Waals surface area contributed by atoms with Crippen LogP contribution in [0.1, 0.15) is 57.1 Å². The fourth-order valence-corrected chi connectivity index (χ4v) is 3.13. The maximum Gasteiger partial charge on any atom is 0.143 e. The predicted octanol–water partition coefficient (Wildman–Crippen LogP) is 6.10. The molecule has 5 heteroatoms. The van der Waals surface area contributed by atoms with Crippen molar-refractivity contribution in [1.29, 1.82) is 0 Å². The fourth-order valence-electron chi connectivity index (χ4n) is 3.13. The second-order valence-corrected chi connectivity index (χ2v) is 9.70. The third kappa shape index (κ3) is 6.55. The third-order valence-corrected chi connectivity index (χ3v) is 6.30. The molecule has 0 saturated carbocycles. The average molecular weight is 503 g/mol. The Labute approximate surface area is 217 Å².